The molecule has 1 atom stereocenters. The van der Waals surface area contributed by atoms with Gasteiger partial charge in [-0.15, -0.1) is 0 Å². The molecule has 1 N–H and O–H groups in total. The molecule has 0 unspecified atom stereocenters. The van der Waals surface area contributed by atoms with Crippen LogP contribution in [0.5, 0.6) is 5.75 Å². The van der Waals surface area contributed by atoms with E-state index in [0.717, 1.165) is 12.1 Å². The predicted octanol–water partition coefficient (Wildman–Crippen LogP) is 3.15. The lowest BCUT2D eigenvalue weighted by molar-refractivity contribution is -0.220. The Balaban J connectivity index is 2.93. The number of halogens is 5. The van der Waals surface area contributed by atoms with E-state index in [4.69, 9.17) is 4.74 Å². The first-order valence-corrected chi connectivity index (χ1v) is 9.07. The second kappa shape index (κ2) is 10.4. The van der Waals surface area contributed by atoms with E-state index in [1.165, 1.54) is 39.8 Å². The minimum atomic E-state index is -5.22. The predicted molar refractivity (Wildman–Crippen MR) is 96.2 cm³/mol. The highest BCUT2D eigenvalue weighted by Gasteiger charge is 2.45. The molecule has 0 heterocycles. The molecular weight excluding hydrogens is 433 g/mol. The molecular formula is C19H22F5NO6. The number of alkyl halides is 5. The molecule has 12 heteroatoms. The number of benzene rings is 1. The largest absolute Gasteiger partial charge is 0.502 e. The van der Waals surface area contributed by atoms with Crippen molar-refractivity contribution in [2.75, 3.05) is 0 Å². The molecule has 174 valence electrons. The van der Waals surface area contributed by atoms with Gasteiger partial charge in [-0.1, -0.05) is 12.1 Å². The number of hydrogen-bond acceptors (Lipinski definition) is 6. The van der Waals surface area contributed by atoms with Crippen molar-refractivity contribution in [3.8, 4) is 5.75 Å². The fourth-order valence-electron chi connectivity index (χ4n) is 2.15. The maximum absolute atomic E-state index is 13.7. The van der Waals surface area contributed by atoms with Crippen molar-refractivity contribution in [3.63, 3.8) is 0 Å². The Morgan fingerprint density at radius 1 is 0.903 bits per heavy atom. The van der Waals surface area contributed by atoms with Crippen LogP contribution in [-0.2, 0) is 30.3 Å². The van der Waals surface area contributed by atoms with E-state index in [1.807, 2.05) is 0 Å². The quantitative estimate of drug-likeness (QED) is 0.455. The van der Waals surface area contributed by atoms with Crippen LogP contribution in [0.15, 0.2) is 24.3 Å². The maximum Gasteiger partial charge on any atom is 0.502 e. The molecule has 0 bridgehead atoms. The highest BCUT2D eigenvalue weighted by molar-refractivity contribution is 5.87. The average Bonchev–Trinajstić information content (AvgIpc) is 2.60. The average molecular weight is 455 g/mol. The van der Waals surface area contributed by atoms with Crippen LogP contribution in [0.4, 0.5) is 22.0 Å². The van der Waals surface area contributed by atoms with E-state index in [-0.39, 0.29) is 5.56 Å². The summed E-state index contributed by atoms with van der Waals surface area (Å²) in [5, 5.41) is 1.55. The number of nitrogens with one attached hydrogen (secondary N) is 1. The third kappa shape index (κ3) is 8.77. The molecule has 31 heavy (non-hydrogen) atoms. The van der Waals surface area contributed by atoms with Gasteiger partial charge in [0.15, 0.2) is 0 Å². The maximum atomic E-state index is 13.7. The van der Waals surface area contributed by atoms with E-state index in [0.29, 0.717) is 0 Å². The van der Waals surface area contributed by atoms with Gasteiger partial charge in [-0.3, -0.25) is 4.79 Å². The van der Waals surface area contributed by atoms with Crippen LogP contribution < -0.4 is 10.1 Å². The summed E-state index contributed by atoms with van der Waals surface area (Å²) in [5.41, 5.74) is 0.202. The number of rotatable bonds is 9. The van der Waals surface area contributed by atoms with Gasteiger partial charge in [-0.25, -0.2) is 9.59 Å². The Labute approximate surface area is 174 Å². The van der Waals surface area contributed by atoms with Gasteiger partial charge < -0.3 is 19.5 Å². The van der Waals surface area contributed by atoms with Crippen LogP contribution in [0.25, 0.3) is 0 Å². The molecule has 0 aliphatic rings. The summed E-state index contributed by atoms with van der Waals surface area (Å²) < 4.78 is 78.7. The Morgan fingerprint density at radius 3 is 1.87 bits per heavy atom. The minimum absolute atomic E-state index is 0.202. The summed E-state index contributed by atoms with van der Waals surface area (Å²) in [5.74, 6) is -5.76. The molecule has 1 amide bonds. The number of hydrogen-bond donors (Lipinski definition) is 1. The Hall–Kier alpha value is -2.92. The molecule has 0 spiro atoms. The van der Waals surface area contributed by atoms with E-state index in [1.54, 1.807) is 5.32 Å². The standard InChI is InChI=1S/C19H22F5NO6/c1-10(2)29-15(26)14(25-16(27)18(20,21)22)9-12-5-7-13(8-6-12)31-19(23,24)17(28)30-11(3)4/h5-8,10-11,14H,9H2,1-4H3,(H,25,27)/t14-/m0/s1. The Kier molecular flexibility index (Phi) is 8.76. The molecule has 1 aromatic rings. The molecule has 0 fully saturated rings. The molecule has 1 aromatic carbocycles. The van der Waals surface area contributed by atoms with Gasteiger partial charge in [0, 0.05) is 6.42 Å². The highest BCUT2D eigenvalue weighted by Crippen LogP contribution is 2.24. The first kappa shape index (κ1) is 26.1. The summed E-state index contributed by atoms with van der Waals surface area (Å²) in [7, 11) is 0. The number of carbonyl (C=O) groups excluding carboxylic acids is 3. The summed E-state index contributed by atoms with van der Waals surface area (Å²) >= 11 is 0. The van der Waals surface area contributed by atoms with Gasteiger partial charge in [0.25, 0.3) is 0 Å². The zero-order valence-electron chi connectivity index (χ0n) is 17.1. The van der Waals surface area contributed by atoms with Gasteiger partial charge in [0.05, 0.1) is 12.2 Å². The van der Waals surface area contributed by atoms with Crippen LogP contribution >= 0.6 is 0 Å². The first-order valence-electron chi connectivity index (χ1n) is 9.07. The molecule has 1 rings (SSSR count). The van der Waals surface area contributed by atoms with Gasteiger partial charge >= 0.3 is 30.1 Å². The second-order valence-corrected chi connectivity index (χ2v) is 6.93. The van der Waals surface area contributed by atoms with Crippen molar-refractivity contribution in [1.82, 2.24) is 5.32 Å². The van der Waals surface area contributed by atoms with Crippen molar-refractivity contribution < 1.29 is 50.5 Å². The lowest BCUT2D eigenvalue weighted by atomic mass is 10.1. The number of ether oxygens (including phenoxy) is 3. The van der Waals surface area contributed by atoms with Crippen LogP contribution in [-0.4, -0.2) is 48.4 Å². The van der Waals surface area contributed by atoms with Crippen LogP contribution in [0, 0.1) is 0 Å². The molecule has 0 saturated carbocycles. The molecule has 7 nitrogen and oxygen atoms in total. The monoisotopic (exact) mass is 455 g/mol. The van der Waals surface area contributed by atoms with Crippen LogP contribution in [0.3, 0.4) is 0 Å². The summed E-state index contributed by atoms with van der Waals surface area (Å²) in [6.07, 6.45) is -11.3. The van der Waals surface area contributed by atoms with Crippen LogP contribution in [0.1, 0.15) is 33.3 Å². The second-order valence-electron chi connectivity index (χ2n) is 6.93. The lowest BCUT2D eigenvalue weighted by Gasteiger charge is -2.20. The molecule has 0 aliphatic carbocycles. The topological polar surface area (TPSA) is 90.9 Å². The Morgan fingerprint density at radius 2 is 1.42 bits per heavy atom. The first-order chi connectivity index (χ1) is 14.1. The lowest BCUT2D eigenvalue weighted by Crippen LogP contribution is -2.48. The van der Waals surface area contributed by atoms with E-state index in [9.17, 15) is 36.3 Å². The fourth-order valence-corrected chi connectivity index (χ4v) is 2.15. The summed E-state index contributed by atoms with van der Waals surface area (Å²) in [4.78, 5) is 34.6. The van der Waals surface area contributed by atoms with E-state index >= 15 is 0 Å². The normalized spacial score (nSPS) is 13.0. The molecule has 0 radical (unpaired) electrons. The third-order valence-corrected chi connectivity index (χ3v) is 3.39. The Bertz CT molecular complexity index is 777. The van der Waals surface area contributed by atoms with Crippen molar-refractivity contribution in [1.29, 1.82) is 0 Å². The zero-order valence-corrected chi connectivity index (χ0v) is 17.1. The third-order valence-electron chi connectivity index (χ3n) is 3.39. The van der Waals surface area contributed by atoms with Gasteiger partial charge in [-0.2, -0.15) is 22.0 Å². The van der Waals surface area contributed by atoms with Crippen molar-refractivity contribution >= 4 is 17.8 Å². The smallest absolute Gasteiger partial charge is 0.461 e. The molecule has 0 aliphatic heterocycles. The van der Waals surface area contributed by atoms with E-state index < -0.39 is 60.6 Å². The van der Waals surface area contributed by atoms with Crippen LogP contribution in [0.2, 0.25) is 0 Å². The number of carbonyl (C=O) groups is 3. The molecule has 0 aromatic heterocycles. The van der Waals surface area contributed by atoms with Gasteiger partial charge in [0.2, 0.25) is 0 Å². The van der Waals surface area contributed by atoms with Gasteiger partial charge in [-0.05, 0) is 45.4 Å². The summed E-state index contributed by atoms with van der Waals surface area (Å²) in [6.45, 7) is 5.69. The highest BCUT2D eigenvalue weighted by atomic mass is 19.4. The van der Waals surface area contributed by atoms with Crippen molar-refractivity contribution in [2.45, 2.75) is 64.7 Å². The SMILES string of the molecule is CC(C)OC(=O)[C@H](Cc1ccc(OC(F)(F)C(=O)OC(C)C)cc1)NC(=O)C(F)(F)F. The minimum Gasteiger partial charge on any atom is -0.461 e. The van der Waals surface area contributed by atoms with E-state index in [2.05, 4.69) is 9.47 Å². The van der Waals surface area contributed by atoms with Gasteiger partial charge in [0.1, 0.15) is 11.8 Å². The van der Waals surface area contributed by atoms with Crippen molar-refractivity contribution in [2.24, 2.45) is 0 Å². The summed E-state index contributed by atoms with van der Waals surface area (Å²) in [6, 6.07) is 2.71. The van der Waals surface area contributed by atoms with Crippen molar-refractivity contribution in [3.05, 3.63) is 29.8 Å². The number of amides is 1. The molecule has 0 saturated heterocycles. The fraction of sp³-hybridized carbons (Fsp3) is 0.526. The number of esters is 2. The zero-order chi connectivity index (χ0) is 24.0.